The zero-order valence-electron chi connectivity index (χ0n) is 13.3. The molecule has 112 valence electrons. The molecule has 0 unspecified atom stereocenters. The molecule has 0 saturated carbocycles. The average Bonchev–Trinajstić information content (AvgIpc) is 2.64. The van der Waals surface area contributed by atoms with Crippen molar-refractivity contribution in [2.45, 2.75) is 13.1 Å². The summed E-state index contributed by atoms with van der Waals surface area (Å²) in [5.74, 6) is 3.23. The topological polar surface area (TPSA) is 0 Å². The summed E-state index contributed by atoms with van der Waals surface area (Å²) in [5, 5.41) is 2.70. The molecule has 3 aromatic rings. The van der Waals surface area contributed by atoms with Crippen molar-refractivity contribution in [3.63, 3.8) is 0 Å². The molecule has 0 aromatic heterocycles. The van der Waals surface area contributed by atoms with Gasteiger partial charge >= 0.3 is 0 Å². The SMILES string of the molecule is CC#C[P+](Cc1ccccc1)(c1ccccc1)c1ccccc1. The second kappa shape index (κ2) is 7.28. The highest BCUT2D eigenvalue weighted by Gasteiger charge is 2.42. The van der Waals surface area contributed by atoms with Crippen LogP contribution in [0, 0.1) is 11.6 Å². The van der Waals surface area contributed by atoms with Gasteiger partial charge < -0.3 is 0 Å². The van der Waals surface area contributed by atoms with Gasteiger partial charge in [-0.3, -0.25) is 0 Å². The highest BCUT2D eigenvalue weighted by molar-refractivity contribution is 7.93. The molecular formula is C22H20P+. The number of rotatable bonds is 4. The molecule has 0 fully saturated rings. The minimum Gasteiger partial charge on any atom is -0.0627 e. The molecule has 3 aromatic carbocycles. The van der Waals surface area contributed by atoms with Crippen molar-refractivity contribution < 1.29 is 0 Å². The van der Waals surface area contributed by atoms with Crippen LogP contribution in [0.2, 0.25) is 0 Å². The van der Waals surface area contributed by atoms with E-state index in [0.29, 0.717) is 0 Å². The third kappa shape index (κ3) is 3.37. The molecular weight excluding hydrogens is 295 g/mol. The van der Waals surface area contributed by atoms with E-state index in [1.165, 1.54) is 16.2 Å². The van der Waals surface area contributed by atoms with Gasteiger partial charge in [0.05, 0.1) is 5.66 Å². The van der Waals surface area contributed by atoms with Crippen LogP contribution >= 0.6 is 7.26 Å². The first-order valence-corrected chi connectivity index (χ1v) is 9.80. The molecule has 1 heteroatoms. The van der Waals surface area contributed by atoms with Crippen molar-refractivity contribution in [2.75, 3.05) is 0 Å². The fourth-order valence-electron chi connectivity index (χ4n) is 2.91. The molecule has 0 amide bonds. The molecule has 0 spiro atoms. The normalized spacial score (nSPS) is 10.7. The minimum atomic E-state index is -1.78. The molecule has 0 atom stereocenters. The Morgan fingerprint density at radius 1 is 0.652 bits per heavy atom. The number of hydrogen-bond acceptors (Lipinski definition) is 0. The fraction of sp³-hybridized carbons (Fsp3) is 0.0909. The summed E-state index contributed by atoms with van der Waals surface area (Å²) in [6, 6.07) is 32.3. The van der Waals surface area contributed by atoms with Gasteiger partial charge in [0.15, 0.2) is 7.26 Å². The summed E-state index contributed by atoms with van der Waals surface area (Å²) in [4.78, 5) is 0. The standard InChI is InChI=1S/C22H20P/c1-2-18-23(21-14-8-4-9-15-21,22-16-10-5-11-17-22)19-20-12-6-3-7-13-20/h3-17H,19H2,1H3/q+1. The van der Waals surface area contributed by atoms with E-state index in [0.717, 1.165) is 6.16 Å². The van der Waals surface area contributed by atoms with Gasteiger partial charge in [-0.25, -0.2) is 0 Å². The molecule has 0 bridgehead atoms. The summed E-state index contributed by atoms with van der Waals surface area (Å²) < 4.78 is 0. The smallest absolute Gasteiger partial charge is 0.0627 e. The summed E-state index contributed by atoms with van der Waals surface area (Å²) >= 11 is 0. The van der Waals surface area contributed by atoms with Crippen molar-refractivity contribution in [2.24, 2.45) is 0 Å². The van der Waals surface area contributed by atoms with E-state index in [-0.39, 0.29) is 0 Å². The predicted octanol–water partition coefficient (Wildman–Crippen LogP) is 4.84. The lowest BCUT2D eigenvalue weighted by molar-refractivity contribution is 1.39. The first-order chi connectivity index (χ1) is 11.3. The third-order valence-electron chi connectivity index (χ3n) is 3.96. The van der Waals surface area contributed by atoms with E-state index in [1.807, 2.05) is 6.92 Å². The van der Waals surface area contributed by atoms with Crippen molar-refractivity contribution >= 4 is 17.9 Å². The van der Waals surface area contributed by atoms with Crippen LogP contribution in [0.15, 0.2) is 91.0 Å². The first-order valence-electron chi connectivity index (χ1n) is 7.82. The van der Waals surface area contributed by atoms with E-state index < -0.39 is 7.26 Å². The van der Waals surface area contributed by atoms with Crippen LogP contribution in [-0.2, 0) is 6.16 Å². The summed E-state index contributed by atoms with van der Waals surface area (Å²) in [5.41, 5.74) is 4.98. The third-order valence-corrected chi connectivity index (χ3v) is 7.76. The Morgan fingerprint density at radius 3 is 1.52 bits per heavy atom. The van der Waals surface area contributed by atoms with Gasteiger partial charge in [0.2, 0.25) is 0 Å². The number of hydrogen-bond donors (Lipinski definition) is 0. The van der Waals surface area contributed by atoms with Gasteiger partial charge in [-0.15, -0.1) is 0 Å². The van der Waals surface area contributed by atoms with Crippen LogP contribution < -0.4 is 10.6 Å². The predicted molar refractivity (Wildman–Crippen MR) is 103 cm³/mol. The Balaban J connectivity index is 2.20. The molecule has 0 aliphatic heterocycles. The quantitative estimate of drug-likeness (QED) is 0.477. The zero-order valence-corrected chi connectivity index (χ0v) is 14.2. The molecule has 0 aliphatic carbocycles. The van der Waals surface area contributed by atoms with Gasteiger partial charge in [-0.1, -0.05) is 72.7 Å². The highest BCUT2D eigenvalue weighted by atomic mass is 31.2. The molecule has 0 saturated heterocycles. The maximum absolute atomic E-state index is 3.64. The summed E-state index contributed by atoms with van der Waals surface area (Å²) in [6.45, 7) is 1.95. The monoisotopic (exact) mass is 315 g/mol. The lowest BCUT2D eigenvalue weighted by Gasteiger charge is -2.21. The average molecular weight is 315 g/mol. The van der Waals surface area contributed by atoms with E-state index in [1.54, 1.807) is 0 Å². The van der Waals surface area contributed by atoms with Crippen molar-refractivity contribution in [3.05, 3.63) is 96.6 Å². The first kappa shape index (κ1) is 15.5. The molecule has 0 heterocycles. The fourth-order valence-corrected chi connectivity index (χ4v) is 6.42. The summed E-state index contributed by atoms with van der Waals surface area (Å²) in [6.07, 6.45) is 0.975. The van der Waals surface area contributed by atoms with Gasteiger partial charge in [0.1, 0.15) is 16.8 Å². The largest absolute Gasteiger partial charge is 0.161 e. The number of benzene rings is 3. The Morgan fingerprint density at radius 2 is 1.09 bits per heavy atom. The molecule has 0 nitrogen and oxygen atoms in total. The van der Waals surface area contributed by atoms with E-state index >= 15 is 0 Å². The van der Waals surface area contributed by atoms with Gasteiger partial charge in [0.25, 0.3) is 0 Å². The molecule has 0 N–H and O–H groups in total. The maximum atomic E-state index is 3.64. The zero-order chi connectivity index (χ0) is 16.0. The van der Waals surface area contributed by atoms with E-state index in [4.69, 9.17) is 0 Å². The van der Waals surface area contributed by atoms with Crippen LogP contribution in [0.4, 0.5) is 0 Å². The minimum absolute atomic E-state index is 0.975. The Kier molecular flexibility index (Phi) is 4.92. The van der Waals surface area contributed by atoms with Crippen LogP contribution in [0.25, 0.3) is 0 Å². The van der Waals surface area contributed by atoms with Crippen LogP contribution in [-0.4, -0.2) is 0 Å². The maximum Gasteiger partial charge on any atom is 0.161 e. The van der Waals surface area contributed by atoms with Crippen molar-refractivity contribution in [1.82, 2.24) is 0 Å². The Bertz CT molecular complexity index is 757. The van der Waals surface area contributed by atoms with E-state index in [9.17, 15) is 0 Å². The second-order valence-corrected chi connectivity index (χ2v) is 8.68. The lowest BCUT2D eigenvalue weighted by Crippen LogP contribution is -2.22. The van der Waals surface area contributed by atoms with Crippen LogP contribution in [0.5, 0.6) is 0 Å². The Labute approximate surface area is 139 Å². The van der Waals surface area contributed by atoms with Crippen molar-refractivity contribution in [3.8, 4) is 11.6 Å². The molecule has 23 heavy (non-hydrogen) atoms. The molecule has 0 aliphatic rings. The Hall–Kier alpha value is -2.35. The second-order valence-electron chi connectivity index (χ2n) is 5.49. The van der Waals surface area contributed by atoms with Crippen molar-refractivity contribution in [1.29, 1.82) is 0 Å². The van der Waals surface area contributed by atoms with Crippen LogP contribution in [0.1, 0.15) is 12.5 Å². The van der Waals surface area contributed by atoms with Gasteiger partial charge in [0, 0.05) is 6.92 Å². The van der Waals surface area contributed by atoms with E-state index in [2.05, 4.69) is 103 Å². The molecule has 0 radical (unpaired) electrons. The van der Waals surface area contributed by atoms with Gasteiger partial charge in [-0.05, 0) is 29.8 Å². The summed E-state index contributed by atoms with van der Waals surface area (Å²) in [7, 11) is -1.78. The lowest BCUT2D eigenvalue weighted by atomic mass is 10.2. The van der Waals surface area contributed by atoms with Gasteiger partial charge in [-0.2, -0.15) is 0 Å². The molecule has 3 rings (SSSR count). The highest BCUT2D eigenvalue weighted by Crippen LogP contribution is 2.58. The van der Waals surface area contributed by atoms with Crippen LogP contribution in [0.3, 0.4) is 0 Å².